The average Bonchev–Trinajstić information content (AvgIpc) is 2.29. The standard InChI is InChI=1S/C11H14N2O4/c14-6-4-9(11(16)17)13-10(15)7-8-3-1-2-5-12-8/h1-3,5,9,14H,4,6-7H2,(H,13,15)(H,16,17)/t9-/m1/s1. The number of nitrogens with zero attached hydrogens (tertiary/aromatic N) is 1. The molecular formula is C11H14N2O4. The predicted molar refractivity (Wildman–Crippen MR) is 59.2 cm³/mol. The fraction of sp³-hybridized carbons (Fsp3) is 0.364. The first-order valence-corrected chi connectivity index (χ1v) is 5.16. The Morgan fingerprint density at radius 1 is 1.41 bits per heavy atom. The lowest BCUT2D eigenvalue weighted by Crippen LogP contribution is -2.42. The van der Waals surface area contributed by atoms with Crippen LogP contribution in [0.15, 0.2) is 24.4 Å². The van der Waals surface area contributed by atoms with E-state index in [1.54, 1.807) is 24.4 Å². The summed E-state index contributed by atoms with van der Waals surface area (Å²) >= 11 is 0. The average molecular weight is 238 g/mol. The molecule has 0 spiro atoms. The molecule has 0 saturated heterocycles. The van der Waals surface area contributed by atoms with E-state index in [1.807, 2.05) is 0 Å². The quantitative estimate of drug-likeness (QED) is 0.625. The Kier molecular flexibility index (Phi) is 5.09. The smallest absolute Gasteiger partial charge is 0.326 e. The van der Waals surface area contributed by atoms with Gasteiger partial charge < -0.3 is 15.5 Å². The second-order valence-corrected chi connectivity index (χ2v) is 3.47. The molecule has 17 heavy (non-hydrogen) atoms. The topological polar surface area (TPSA) is 99.5 Å². The minimum absolute atomic E-state index is 0.0106. The van der Waals surface area contributed by atoms with Crippen LogP contribution in [0.2, 0.25) is 0 Å². The third kappa shape index (κ3) is 4.60. The Morgan fingerprint density at radius 3 is 2.71 bits per heavy atom. The highest BCUT2D eigenvalue weighted by atomic mass is 16.4. The number of pyridine rings is 1. The highest BCUT2D eigenvalue weighted by Crippen LogP contribution is 1.97. The Morgan fingerprint density at radius 2 is 2.18 bits per heavy atom. The van der Waals surface area contributed by atoms with Crippen molar-refractivity contribution in [2.75, 3.05) is 6.61 Å². The van der Waals surface area contributed by atoms with Crippen molar-refractivity contribution >= 4 is 11.9 Å². The van der Waals surface area contributed by atoms with Crippen molar-refractivity contribution in [1.29, 1.82) is 0 Å². The van der Waals surface area contributed by atoms with Crippen molar-refractivity contribution in [3.8, 4) is 0 Å². The summed E-state index contributed by atoms with van der Waals surface area (Å²) in [5.74, 6) is -1.59. The number of nitrogens with one attached hydrogen (secondary N) is 1. The minimum atomic E-state index is -1.16. The van der Waals surface area contributed by atoms with Crippen LogP contribution in [0.1, 0.15) is 12.1 Å². The Bertz CT molecular complexity index is 380. The first kappa shape index (κ1) is 13.1. The van der Waals surface area contributed by atoms with Gasteiger partial charge in [0.15, 0.2) is 0 Å². The molecule has 1 atom stereocenters. The molecular weight excluding hydrogens is 224 g/mol. The van der Waals surface area contributed by atoms with Gasteiger partial charge in [-0.2, -0.15) is 0 Å². The van der Waals surface area contributed by atoms with Crippen LogP contribution in [0.4, 0.5) is 0 Å². The molecule has 0 bridgehead atoms. The molecule has 6 heteroatoms. The summed E-state index contributed by atoms with van der Waals surface area (Å²) in [6.45, 7) is -0.291. The lowest BCUT2D eigenvalue weighted by molar-refractivity contribution is -0.142. The van der Waals surface area contributed by atoms with Gasteiger partial charge >= 0.3 is 5.97 Å². The fourth-order valence-electron chi connectivity index (χ4n) is 1.30. The molecule has 0 radical (unpaired) electrons. The molecule has 1 aromatic rings. The van der Waals surface area contributed by atoms with Gasteiger partial charge in [-0.3, -0.25) is 9.78 Å². The van der Waals surface area contributed by atoms with E-state index in [0.717, 1.165) is 0 Å². The molecule has 92 valence electrons. The molecule has 0 saturated carbocycles. The van der Waals surface area contributed by atoms with Crippen molar-refractivity contribution in [3.05, 3.63) is 30.1 Å². The van der Waals surface area contributed by atoms with Gasteiger partial charge in [-0.25, -0.2) is 4.79 Å². The maximum atomic E-state index is 11.5. The number of carbonyl (C=O) groups is 2. The van der Waals surface area contributed by atoms with Crippen LogP contribution in [-0.4, -0.2) is 39.7 Å². The van der Waals surface area contributed by atoms with Crippen molar-refractivity contribution in [1.82, 2.24) is 10.3 Å². The Labute approximate surface area is 98.3 Å². The second-order valence-electron chi connectivity index (χ2n) is 3.47. The van der Waals surface area contributed by atoms with Crippen LogP contribution in [0.5, 0.6) is 0 Å². The number of carboxylic acids is 1. The van der Waals surface area contributed by atoms with E-state index in [2.05, 4.69) is 10.3 Å². The van der Waals surface area contributed by atoms with Gasteiger partial charge in [-0.15, -0.1) is 0 Å². The van der Waals surface area contributed by atoms with E-state index in [1.165, 1.54) is 0 Å². The van der Waals surface area contributed by atoms with Crippen molar-refractivity contribution in [2.45, 2.75) is 18.9 Å². The molecule has 1 aromatic heterocycles. The summed E-state index contributed by atoms with van der Waals surface area (Å²) in [6, 6.07) is 4.10. The van der Waals surface area contributed by atoms with E-state index in [4.69, 9.17) is 10.2 Å². The molecule has 1 rings (SSSR count). The number of amides is 1. The maximum Gasteiger partial charge on any atom is 0.326 e. The highest BCUT2D eigenvalue weighted by Gasteiger charge is 2.19. The van der Waals surface area contributed by atoms with Gasteiger partial charge in [0.25, 0.3) is 0 Å². The molecule has 1 heterocycles. The van der Waals surface area contributed by atoms with Crippen LogP contribution < -0.4 is 5.32 Å². The summed E-state index contributed by atoms with van der Waals surface area (Å²) in [5.41, 5.74) is 0.568. The van der Waals surface area contributed by atoms with E-state index >= 15 is 0 Å². The minimum Gasteiger partial charge on any atom is -0.480 e. The van der Waals surface area contributed by atoms with Crippen molar-refractivity contribution in [2.24, 2.45) is 0 Å². The molecule has 0 aromatic carbocycles. The molecule has 3 N–H and O–H groups in total. The van der Waals surface area contributed by atoms with Gasteiger partial charge in [-0.05, 0) is 12.1 Å². The van der Waals surface area contributed by atoms with E-state index < -0.39 is 17.9 Å². The number of carbonyl (C=O) groups excluding carboxylic acids is 1. The number of aliphatic carboxylic acids is 1. The van der Waals surface area contributed by atoms with E-state index in [9.17, 15) is 9.59 Å². The number of hydrogen-bond acceptors (Lipinski definition) is 4. The summed E-state index contributed by atoms with van der Waals surface area (Å²) in [5, 5.41) is 19.8. The highest BCUT2D eigenvalue weighted by molar-refractivity contribution is 5.84. The van der Waals surface area contributed by atoms with Crippen molar-refractivity contribution in [3.63, 3.8) is 0 Å². The molecule has 1 amide bonds. The zero-order chi connectivity index (χ0) is 12.7. The van der Waals surface area contributed by atoms with Crippen LogP contribution in [-0.2, 0) is 16.0 Å². The first-order valence-electron chi connectivity index (χ1n) is 5.16. The molecule has 6 nitrogen and oxygen atoms in total. The molecule has 0 aliphatic carbocycles. The summed E-state index contributed by atoms with van der Waals surface area (Å²) in [4.78, 5) is 26.2. The number of aromatic nitrogens is 1. The molecule has 0 fully saturated rings. The van der Waals surface area contributed by atoms with Gasteiger partial charge in [0.2, 0.25) is 5.91 Å². The first-order chi connectivity index (χ1) is 8.13. The van der Waals surface area contributed by atoms with Crippen LogP contribution in [0, 0.1) is 0 Å². The molecule has 0 unspecified atom stereocenters. The maximum absolute atomic E-state index is 11.5. The number of rotatable bonds is 6. The van der Waals surface area contributed by atoms with Gasteiger partial charge in [0.1, 0.15) is 6.04 Å². The summed E-state index contributed by atoms with van der Waals surface area (Å²) in [6.07, 6.45) is 1.57. The fourth-order valence-corrected chi connectivity index (χ4v) is 1.30. The Hall–Kier alpha value is -1.95. The van der Waals surface area contributed by atoms with Gasteiger partial charge in [0, 0.05) is 24.9 Å². The third-order valence-corrected chi connectivity index (χ3v) is 2.12. The number of carboxylic acid groups (broad SMARTS) is 1. The van der Waals surface area contributed by atoms with Gasteiger partial charge in [-0.1, -0.05) is 6.07 Å². The Balaban J connectivity index is 2.51. The van der Waals surface area contributed by atoms with E-state index in [-0.39, 0.29) is 19.4 Å². The zero-order valence-electron chi connectivity index (χ0n) is 9.17. The van der Waals surface area contributed by atoms with E-state index in [0.29, 0.717) is 5.69 Å². The molecule has 0 aliphatic heterocycles. The number of aliphatic hydroxyl groups is 1. The summed E-state index contributed by atoms with van der Waals surface area (Å²) < 4.78 is 0. The number of hydrogen-bond donors (Lipinski definition) is 3. The normalized spacial score (nSPS) is 11.8. The van der Waals surface area contributed by atoms with Crippen LogP contribution in [0.25, 0.3) is 0 Å². The number of aliphatic hydroxyl groups excluding tert-OH is 1. The molecule has 0 aliphatic rings. The van der Waals surface area contributed by atoms with Crippen molar-refractivity contribution < 1.29 is 19.8 Å². The van der Waals surface area contributed by atoms with Gasteiger partial charge in [0.05, 0.1) is 6.42 Å². The lowest BCUT2D eigenvalue weighted by Gasteiger charge is -2.12. The monoisotopic (exact) mass is 238 g/mol. The SMILES string of the molecule is O=C(Cc1ccccn1)N[C@H](CCO)C(=O)O. The zero-order valence-corrected chi connectivity index (χ0v) is 9.17. The second kappa shape index (κ2) is 6.59. The predicted octanol–water partition coefficient (Wildman–Crippen LogP) is -0.424. The summed E-state index contributed by atoms with van der Waals surface area (Å²) in [7, 11) is 0. The largest absolute Gasteiger partial charge is 0.480 e. The third-order valence-electron chi connectivity index (χ3n) is 2.12. The van der Waals surface area contributed by atoms with Crippen LogP contribution >= 0.6 is 0 Å². The lowest BCUT2D eigenvalue weighted by atomic mass is 10.2. The van der Waals surface area contributed by atoms with Crippen LogP contribution in [0.3, 0.4) is 0 Å².